The highest BCUT2D eigenvalue weighted by atomic mass is 35.5. The number of hydrogen-bond donors (Lipinski definition) is 4. The van der Waals surface area contributed by atoms with Crippen molar-refractivity contribution in [3.63, 3.8) is 0 Å². The van der Waals surface area contributed by atoms with Crippen LogP contribution in [-0.4, -0.2) is 44.5 Å². The summed E-state index contributed by atoms with van der Waals surface area (Å²) in [5.74, 6) is 0.400. The van der Waals surface area contributed by atoms with E-state index in [1.54, 1.807) is 29.3 Å². The van der Waals surface area contributed by atoms with Gasteiger partial charge in [0, 0.05) is 54.1 Å². The molecule has 1 fully saturated rings. The molecule has 1 atom stereocenters. The summed E-state index contributed by atoms with van der Waals surface area (Å²) in [7, 11) is 0. The maximum absolute atomic E-state index is 11.3. The van der Waals surface area contributed by atoms with Crippen LogP contribution < -0.4 is 21.9 Å². The third-order valence-electron chi connectivity index (χ3n) is 5.77. The Kier molecular flexibility index (Phi) is 6.92. The number of nitrogens with zero attached hydrogens (tertiary/aromatic N) is 4. The minimum Gasteiger partial charge on any atom is -0.471 e. The maximum Gasteiger partial charge on any atom is 0.314 e. The Labute approximate surface area is 206 Å². The first-order valence-electron chi connectivity index (χ1n) is 10.5. The fourth-order valence-corrected chi connectivity index (χ4v) is 4.48. The molecule has 2 aromatic heterocycles. The second-order valence-electron chi connectivity index (χ2n) is 7.94. The lowest BCUT2D eigenvalue weighted by Crippen LogP contribution is -2.42. The van der Waals surface area contributed by atoms with Crippen molar-refractivity contribution in [1.82, 2.24) is 19.7 Å². The molecule has 3 aromatic rings. The zero-order valence-corrected chi connectivity index (χ0v) is 19.6. The molecule has 0 aliphatic carbocycles. The number of ether oxygens (including phenoxy) is 1. The first kappa shape index (κ1) is 23.8. The summed E-state index contributed by atoms with van der Waals surface area (Å²) in [6.45, 7) is 1.15. The van der Waals surface area contributed by atoms with Crippen LogP contribution in [-0.2, 0) is 0 Å². The van der Waals surface area contributed by atoms with Crippen LogP contribution in [0.4, 0.5) is 10.5 Å². The van der Waals surface area contributed by atoms with Crippen molar-refractivity contribution in [2.45, 2.75) is 25.1 Å². The molecule has 0 saturated carbocycles. The van der Waals surface area contributed by atoms with Crippen molar-refractivity contribution in [2.75, 3.05) is 18.8 Å². The molecule has 178 valence electrons. The largest absolute Gasteiger partial charge is 0.471 e. The third-order valence-corrected chi connectivity index (χ3v) is 6.37. The van der Waals surface area contributed by atoms with E-state index in [-0.39, 0.29) is 21.8 Å². The first-order chi connectivity index (χ1) is 16.2. The molecule has 0 bridgehead atoms. The van der Waals surface area contributed by atoms with Gasteiger partial charge in [-0.15, -0.1) is 0 Å². The monoisotopic (exact) mass is 502 g/mol. The van der Waals surface area contributed by atoms with Gasteiger partial charge in [0.05, 0.1) is 28.0 Å². The molecule has 4 rings (SSSR count). The van der Waals surface area contributed by atoms with Crippen LogP contribution in [0.1, 0.15) is 41.8 Å². The predicted octanol–water partition coefficient (Wildman–Crippen LogP) is 3.34. The van der Waals surface area contributed by atoms with E-state index >= 15 is 0 Å². The van der Waals surface area contributed by atoms with E-state index in [1.807, 2.05) is 10.9 Å². The Balaban J connectivity index is 1.50. The van der Waals surface area contributed by atoms with Gasteiger partial charge < -0.3 is 21.1 Å². The summed E-state index contributed by atoms with van der Waals surface area (Å²) in [5.41, 5.74) is 19.8. The lowest BCUT2D eigenvalue weighted by atomic mass is 10.0. The van der Waals surface area contributed by atoms with Gasteiger partial charge in [0.25, 0.3) is 0 Å². The molecule has 12 heteroatoms. The van der Waals surface area contributed by atoms with Crippen molar-refractivity contribution in [2.24, 2.45) is 11.5 Å². The number of carbonyl (C=O) groups excluding carboxylic acids is 1. The number of primary amides is 1. The van der Waals surface area contributed by atoms with E-state index in [1.165, 1.54) is 12.4 Å². The summed E-state index contributed by atoms with van der Waals surface area (Å²) in [4.78, 5) is 16.9. The second kappa shape index (κ2) is 9.88. The highest BCUT2D eigenvalue weighted by Gasteiger charge is 2.24. The summed E-state index contributed by atoms with van der Waals surface area (Å²) in [5, 5.41) is 13.7. The van der Waals surface area contributed by atoms with Crippen LogP contribution in [0.3, 0.4) is 0 Å². The van der Waals surface area contributed by atoms with Gasteiger partial charge in [0.2, 0.25) is 0 Å². The SMILES string of the molecule is N=C(c1cnn(C2CCN(C(N)=O)CC2)c1)c1cc(O[C@H](N)c2c(Cl)cncc2Cl)ccc1N. The summed E-state index contributed by atoms with van der Waals surface area (Å²) in [6.07, 6.45) is 6.83. The van der Waals surface area contributed by atoms with Crippen molar-refractivity contribution >= 4 is 40.6 Å². The molecule has 7 N–H and O–H groups in total. The standard InChI is InChI=1S/C22H24Cl2N8O2/c23-16-9-29-10-17(24)19(16)21(27)34-14-1-2-18(25)15(7-14)20(26)12-8-30-32(11-12)13-3-5-31(6-4-13)22(28)33/h1-2,7-11,13,21,26H,3-6,25,27H2,(H2,28,33)/t21-/m0/s1. The minimum atomic E-state index is -0.942. The van der Waals surface area contributed by atoms with Crippen molar-refractivity contribution in [1.29, 1.82) is 5.41 Å². The molecule has 10 nitrogen and oxygen atoms in total. The van der Waals surface area contributed by atoms with Crippen molar-refractivity contribution in [3.8, 4) is 5.75 Å². The average molecular weight is 503 g/mol. The molecule has 1 aliphatic heterocycles. The smallest absolute Gasteiger partial charge is 0.314 e. The van der Waals surface area contributed by atoms with Gasteiger partial charge in [0.15, 0.2) is 6.23 Å². The molecule has 0 unspecified atom stereocenters. The number of aromatic nitrogens is 3. The van der Waals surface area contributed by atoms with Crippen LogP contribution in [0.5, 0.6) is 5.75 Å². The number of nitrogens with one attached hydrogen (secondary N) is 1. The summed E-state index contributed by atoms with van der Waals surface area (Å²) >= 11 is 12.3. The fraction of sp³-hybridized carbons (Fsp3) is 0.273. The minimum absolute atomic E-state index is 0.122. The van der Waals surface area contributed by atoms with Crippen LogP contribution in [0.15, 0.2) is 43.0 Å². The molecular weight excluding hydrogens is 479 g/mol. The Hall–Kier alpha value is -3.34. The molecular formula is C22H24Cl2N8O2. The number of anilines is 1. The van der Waals surface area contributed by atoms with E-state index in [0.717, 1.165) is 12.8 Å². The Morgan fingerprint density at radius 3 is 2.50 bits per heavy atom. The van der Waals surface area contributed by atoms with E-state index < -0.39 is 12.3 Å². The predicted molar refractivity (Wildman–Crippen MR) is 130 cm³/mol. The zero-order chi connectivity index (χ0) is 24.4. The molecule has 0 radical (unpaired) electrons. The quantitative estimate of drug-likeness (QED) is 0.229. The van der Waals surface area contributed by atoms with Gasteiger partial charge in [-0.25, -0.2) is 4.79 Å². The molecule has 34 heavy (non-hydrogen) atoms. The first-order valence-corrected chi connectivity index (χ1v) is 11.3. The van der Waals surface area contributed by atoms with Crippen LogP contribution >= 0.6 is 23.2 Å². The van der Waals surface area contributed by atoms with Gasteiger partial charge in [0.1, 0.15) is 5.75 Å². The number of halogens is 2. The number of urea groups is 1. The third kappa shape index (κ3) is 4.93. The molecule has 1 aliphatic rings. The van der Waals surface area contributed by atoms with Gasteiger partial charge in [-0.3, -0.25) is 20.8 Å². The number of rotatable bonds is 6. The number of benzene rings is 1. The van der Waals surface area contributed by atoms with E-state index in [4.69, 9.17) is 50.5 Å². The number of likely N-dealkylation sites (tertiary alicyclic amines) is 1. The van der Waals surface area contributed by atoms with Crippen LogP contribution in [0.2, 0.25) is 10.0 Å². The van der Waals surface area contributed by atoms with Gasteiger partial charge >= 0.3 is 6.03 Å². The summed E-state index contributed by atoms with van der Waals surface area (Å²) < 4.78 is 7.66. The van der Waals surface area contributed by atoms with Crippen molar-refractivity contribution < 1.29 is 9.53 Å². The number of piperidine rings is 1. The number of hydrogen-bond acceptors (Lipinski definition) is 7. The highest BCUT2D eigenvalue weighted by Crippen LogP contribution is 2.31. The normalized spacial score (nSPS) is 15.2. The topological polar surface area (TPSA) is 162 Å². The van der Waals surface area contributed by atoms with E-state index in [9.17, 15) is 4.79 Å². The Bertz CT molecular complexity index is 1200. The van der Waals surface area contributed by atoms with Gasteiger partial charge in [-0.05, 0) is 31.0 Å². The molecule has 3 heterocycles. The number of pyridine rings is 1. The zero-order valence-electron chi connectivity index (χ0n) is 18.1. The molecule has 0 spiro atoms. The maximum atomic E-state index is 11.3. The van der Waals surface area contributed by atoms with Gasteiger partial charge in [-0.2, -0.15) is 5.10 Å². The lowest BCUT2D eigenvalue weighted by Gasteiger charge is -2.30. The Morgan fingerprint density at radius 2 is 1.85 bits per heavy atom. The number of carbonyl (C=O) groups is 1. The number of nitrogens with two attached hydrogens (primary N) is 3. The fourth-order valence-electron chi connectivity index (χ4n) is 3.90. The highest BCUT2D eigenvalue weighted by molar-refractivity contribution is 6.35. The van der Waals surface area contributed by atoms with Gasteiger partial charge in [-0.1, -0.05) is 23.2 Å². The average Bonchev–Trinajstić information content (AvgIpc) is 3.30. The van der Waals surface area contributed by atoms with Crippen LogP contribution in [0, 0.1) is 5.41 Å². The van der Waals surface area contributed by atoms with Crippen molar-refractivity contribution in [3.05, 3.63) is 69.7 Å². The van der Waals surface area contributed by atoms with Crippen LogP contribution in [0.25, 0.3) is 0 Å². The van der Waals surface area contributed by atoms with E-state index in [2.05, 4.69) is 10.1 Å². The molecule has 2 amide bonds. The van der Waals surface area contributed by atoms with E-state index in [0.29, 0.717) is 41.2 Å². The number of amides is 2. The Morgan fingerprint density at radius 1 is 1.18 bits per heavy atom. The lowest BCUT2D eigenvalue weighted by molar-refractivity contribution is 0.177. The summed E-state index contributed by atoms with van der Waals surface area (Å²) in [6, 6.07) is 4.66. The number of nitrogen functional groups attached to an aromatic ring is 1. The molecule has 1 aromatic carbocycles. The second-order valence-corrected chi connectivity index (χ2v) is 8.76. The molecule has 1 saturated heterocycles.